The van der Waals surface area contributed by atoms with Crippen LogP contribution in [0.25, 0.3) is 0 Å². The summed E-state index contributed by atoms with van der Waals surface area (Å²) < 4.78 is 10.4. The van der Waals surface area contributed by atoms with Crippen molar-refractivity contribution in [2.45, 2.75) is 6.54 Å². The van der Waals surface area contributed by atoms with E-state index in [-0.39, 0.29) is 33.7 Å². The first kappa shape index (κ1) is 19.5. The second-order valence-corrected chi connectivity index (χ2v) is 6.86. The molecular formula is C19H18Cl2N2O4. The standard InChI is InChI=1S/C19H18Cl2N2O4/c1-26-19(25)14-8-13(20)9-15(21)18(14)22-17(24)11-23-6-7-27-16-5-3-2-4-12(16)10-23/h2-5,8-9H,6-7,10-11H2,1H3,(H,22,24). The van der Waals surface area contributed by atoms with E-state index in [9.17, 15) is 9.59 Å². The number of amides is 1. The van der Waals surface area contributed by atoms with Gasteiger partial charge in [0.1, 0.15) is 12.4 Å². The van der Waals surface area contributed by atoms with E-state index in [2.05, 4.69) is 5.32 Å². The molecule has 2 aromatic rings. The fourth-order valence-corrected chi connectivity index (χ4v) is 3.41. The Kier molecular flexibility index (Phi) is 6.21. The minimum Gasteiger partial charge on any atom is -0.492 e. The van der Waals surface area contributed by atoms with Crippen LogP contribution < -0.4 is 10.1 Å². The van der Waals surface area contributed by atoms with Crippen molar-refractivity contribution in [1.82, 2.24) is 4.90 Å². The molecule has 0 spiro atoms. The number of nitrogens with zero attached hydrogens (tertiary/aromatic N) is 1. The van der Waals surface area contributed by atoms with Gasteiger partial charge in [-0.25, -0.2) is 4.79 Å². The lowest BCUT2D eigenvalue weighted by molar-refractivity contribution is -0.117. The van der Waals surface area contributed by atoms with Crippen LogP contribution in [0.2, 0.25) is 10.0 Å². The molecule has 1 amide bonds. The molecule has 27 heavy (non-hydrogen) atoms. The number of hydrogen-bond acceptors (Lipinski definition) is 5. The van der Waals surface area contributed by atoms with Crippen LogP contribution in [0.4, 0.5) is 5.69 Å². The fourth-order valence-electron chi connectivity index (χ4n) is 2.87. The van der Waals surface area contributed by atoms with Gasteiger partial charge in [0.25, 0.3) is 0 Å². The molecule has 8 heteroatoms. The Morgan fingerprint density at radius 1 is 1.26 bits per heavy atom. The van der Waals surface area contributed by atoms with Crippen molar-refractivity contribution in [3.63, 3.8) is 0 Å². The monoisotopic (exact) mass is 408 g/mol. The summed E-state index contributed by atoms with van der Waals surface area (Å²) >= 11 is 12.1. The zero-order valence-corrected chi connectivity index (χ0v) is 16.1. The number of anilines is 1. The van der Waals surface area contributed by atoms with Gasteiger partial charge in [0.05, 0.1) is 29.9 Å². The van der Waals surface area contributed by atoms with Gasteiger partial charge in [0.15, 0.2) is 0 Å². The zero-order valence-electron chi connectivity index (χ0n) is 14.6. The summed E-state index contributed by atoms with van der Waals surface area (Å²) in [7, 11) is 1.25. The maximum absolute atomic E-state index is 12.6. The molecule has 0 saturated heterocycles. The molecule has 142 valence electrons. The predicted octanol–water partition coefficient (Wildman–Crippen LogP) is 3.61. The summed E-state index contributed by atoms with van der Waals surface area (Å²) in [5, 5.41) is 3.14. The number of rotatable bonds is 4. The Morgan fingerprint density at radius 3 is 2.81 bits per heavy atom. The van der Waals surface area contributed by atoms with Crippen molar-refractivity contribution in [1.29, 1.82) is 0 Å². The number of para-hydroxylation sites is 1. The molecule has 0 aliphatic carbocycles. The third-order valence-corrected chi connectivity index (χ3v) is 4.64. The molecule has 1 heterocycles. The quantitative estimate of drug-likeness (QED) is 0.782. The van der Waals surface area contributed by atoms with E-state index < -0.39 is 5.97 Å². The number of esters is 1. The number of benzene rings is 2. The molecular weight excluding hydrogens is 391 g/mol. The number of ether oxygens (including phenoxy) is 2. The Hall–Kier alpha value is -2.28. The fraction of sp³-hybridized carbons (Fsp3) is 0.263. The molecule has 0 radical (unpaired) electrons. The van der Waals surface area contributed by atoms with Crippen molar-refractivity contribution in [3.05, 3.63) is 57.6 Å². The number of methoxy groups -OCH3 is 1. The lowest BCUT2D eigenvalue weighted by Crippen LogP contribution is -2.34. The molecule has 0 aromatic heterocycles. The van der Waals surface area contributed by atoms with E-state index in [0.717, 1.165) is 11.3 Å². The number of nitrogens with one attached hydrogen (secondary N) is 1. The second-order valence-electron chi connectivity index (χ2n) is 6.02. The molecule has 6 nitrogen and oxygen atoms in total. The topological polar surface area (TPSA) is 67.9 Å². The first-order chi connectivity index (χ1) is 13.0. The van der Waals surface area contributed by atoms with Gasteiger partial charge in [-0.05, 0) is 18.2 Å². The van der Waals surface area contributed by atoms with E-state index in [1.807, 2.05) is 29.2 Å². The van der Waals surface area contributed by atoms with E-state index in [1.165, 1.54) is 19.2 Å². The van der Waals surface area contributed by atoms with Crippen LogP contribution in [0.5, 0.6) is 5.75 Å². The highest BCUT2D eigenvalue weighted by Crippen LogP contribution is 2.31. The van der Waals surface area contributed by atoms with Gasteiger partial charge in [-0.2, -0.15) is 0 Å². The van der Waals surface area contributed by atoms with Gasteiger partial charge in [-0.3, -0.25) is 9.69 Å². The van der Waals surface area contributed by atoms with E-state index in [0.29, 0.717) is 19.7 Å². The second kappa shape index (κ2) is 8.61. The molecule has 0 bridgehead atoms. The first-order valence-corrected chi connectivity index (χ1v) is 9.04. The lowest BCUT2D eigenvalue weighted by Gasteiger charge is -2.19. The molecule has 0 unspecified atom stereocenters. The SMILES string of the molecule is COC(=O)c1cc(Cl)cc(Cl)c1NC(=O)CN1CCOc2ccccc2C1. The van der Waals surface area contributed by atoms with Crippen LogP contribution in [-0.2, 0) is 16.1 Å². The average Bonchev–Trinajstić information content (AvgIpc) is 2.84. The van der Waals surface area contributed by atoms with Crippen molar-refractivity contribution in [2.75, 3.05) is 32.1 Å². The van der Waals surface area contributed by atoms with Crippen LogP contribution in [0.15, 0.2) is 36.4 Å². The van der Waals surface area contributed by atoms with Gasteiger partial charge >= 0.3 is 5.97 Å². The molecule has 0 atom stereocenters. The summed E-state index contributed by atoms with van der Waals surface area (Å²) in [6, 6.07) is 10.6. The Morgan fingerprint density at radius 2 is 2.04 bits per heavy atom. The van der Waals surface area contributed by atoms with Crippen LogP contribution in [-0.4, -0.2) is 43.6 Å². The number of halogens is 2. The highest BCUT2D eigenvalue weighted by molar-refractivity contribution is 6.37. The molecule has 0 fully saturated rings. The van der Waals surface area contributed by atoms with Gasteiger partial charge in [-0.1, -0.05) is 41.4 Å². The molecule has 2 aromatic carbocycles. The van der Waals surface area contributed by atoms with Crippen LogP contribution in [0.3, 0.4) is 0 Å². The smallest absolute Gasteiger partial charge is 0.340 e. The van der Waals surface area contributed by atoms with E-state index in [4.69, 9.17) is 32.7 Å². The normalized spacial score (nSPS) is 13.9. The third-order valence-electron chi connectivity index (χ3n) is 4.12. The molecule has 1 N–H and O–H groups in total. The first-order valence-electron chi connectivity index (χ1n) is 8.28. The van der Waals surface area contributed by atoms with Gasteiger partial charge in [-0.15, -0.1) is 0 Å². The largest absolute Gasteiger partial charge is 0.492 e. The van der Waals surface area contributed by atoms with Gasteiger partial charge in [0.2, 0.25) is 5.91 Å². The van der Waals surface area contributed by atoms with E-state index in [1.54, 1.807) is 0 Å². The van der Waals surface area contributed by atoms with Gasteiger partial charge < -0.3 is 14.8 Å². The lowest BCUT2D eigenvalue weighted by atomic mass is 10.1. The summed E-state index contributed by atoms with van der Waals surface area (Å²) in [6.45, 7) is 1.79. The Balaban J connectivity index is 1.74. The van der Waals surface area contributed by atoms with Crippen LogP contribution in [0, 0.1) is 0 Å². The highest BCUT2D eigenvalue weighted by Gasteiger charge is 2.21. The molecule has 1 aliphatic rings. The minimum atomic E-state index is -0.633. The Labute approximate surface area is 167 Å². The summed E-state index contributed by atoms with van der Waals surface area (Å²) in [5.41, 5.74) is 1.31. The van der Waals surface area contributed by atoms with Crippen molar-refractivity contribution in [2.24, 2.45) is 0 Å². The zero-order chi connectivity index (χ0) is 19.4. The summed E-state index contributed by atoms with van der Waals surface area (Å²) in [5.74, 6) is -0.107. The predicted molar refractivity (Wildman–Crippen MR) is 104 cm³/mol. The molecule has 0 saturated carbocycles. The number of hydrogen-bond donors (Lipinski definition) is 1. The molecule has 1 aliphatic heterocycles. The summed E-state index contributed by atoms with van der Waals surface area (Å²) in [4.78, 5) is 26.5. The van der Waals surface area contributed by atoms with Crippen molar-refractivity contribution < 1.29 is 19.1 Å². The minimum absolute atomic E-state index is 0.105. The number of carbonyl (C=O) groups excluding carboxylic acids is 2. The average molecular weight is 409 g/mol. The number of fused-ring (bicyclic) bond motifs is 1. The maximum Gasteiger partial charge on any atom is 0.340 e. The van der Waals surface area contributed by atoms with Crippen molar-refractivity contribution >= 4 is 40.8 Å². The van der Waals surface area contributed by atoms with Gasteiger partial charge in [0, 0.05) is 23.7 Å². The summed E-state index contributed by atoms with van der Waals surface area (Å²) in [6.07, 6.45) is 0. The third kappa shape index (κ3) is 4.71. The van der Waals surface area contributed by atoms with Crippen LogP contribution in [0.1, 0.15) is 15.9 Å². The number of carbonyl (C=O) groups is 2. The Bertz CT molecular complexity index is 873. The van der Waals surface area contributed by atoms with Crippen LogP contribution >= 0.6 is 23.2 Å². The highest BCUT2D eigenvalue weighted by atomic mass is 35.5. The van der Waals surface area contributed by atoms with Crippen molar-refractivity contribution in [3.8, 4) is 5.75 Å². The molecule has 3 rings (SSSR count). The van der Waals surface area contributed by atoms with E-state index >= 15 is 0 Å². The maximum atomic E-state index is 12.6.